The Morgan fingerprint density at radius 3 is 2.28 bits per heavy atom. The van der Waals surface area contributed by atoms with Gasteiger partial charge in [0.05, 0.1) is 23.3 Å². The minimum Gasteiger partial charge on any atom is -0.320 e. The number of rotatable bonds is 5. The summed E-state index contributed by atoms with van der Waals surface area (Å²) < 4.78 is 26.9. The molecule has 0 aliphatic carbocycles. The van der Waals surface area contributed by atoms with Crippen LogP contribution in [0.3, 0.4) is 0 Å². The average Bonchev–Trinajstić information content (AvgIpc) is 3.10. The highest BCUT2D eigenvalue weighted by Crippen LogP contribution is 2.22. The Hall–Kier alpha value is -3.13. The molecule has 0 saturated heterocycles. The van der Waals surface area contributed by atoms with Gasteiger partial charge in [0.15, 0.2) is 0 Å². The zero-order chi connectivity index (χ0) is 17.9. The number of nitrogens with one attached hydrogen (secondary N) is 2. The number of aromatic nitrogens is 2. The number of nitrogens with zero attached hydrogens (tertiary/aromatic N) is 2. The van der Waals surface area contributed by atoms with Gasteiger partial charge in [0, 0.05) is 18.0 Å². The van der Waals surface area contributed by atoms with Crippen LogP contribution in [0.5, 0.6) is 0 Å². The number of carbonyl (C=O) groups is 1. The molecule has 8 heteroatoms. The Bertz CT molecular complexity index is 981. The van der Waals surface area contributed by atoms with Crippen LogP contribution in [0.1, 0.15) is 10.4 Å². The third-order valence-corrected chi connectivity index (χ3v) is 3.96. The van der Waals surface area contributed by atoms with Gasteiger partial charge in [0.1, 0.15) is 0 Å². The molecule has 0 fully saturated rings. The van der Waals surface area contributed by atoms with E-state index in [9.17, 15) is 13.2 Å². The summed E-state index contributed by atoms with van der Waals surface area (Å²) in [6.07, 6.45) is 4.54. The highest BCUT2D eigenvalue weighted by Gasteiger charge is 2.11. The fourth-order valence-electron chi connectivity index (χ4n) is 2.26. The van der Waals surface area contributed by atoms with Crippen molar-refractivity contribution in [1.82, 2.24) is 9.78 Å². The SMILES string of the molecule is CS(=O)(=O)Nc1ccccc1NC(=O)c1ccc(-n2cccn2)cc1. The molecule has 2 N–H and O–H groups in total. The first-order valence-corrected chi connectivity index (χ1v) is 9.30. The van der Waals surface area contributed by atoms with E-state index in [-0.39, 0.29) is 5.91 Å². The van der Waals surface area contributed by atoms with Gasteiger partial charge >= 0.3 is 0 Å². The molecule has 0 bridgehead atoms. The van der Waals surface area contributed by atoms with E-state index in [1.54, 1.807) is 59.4 Å². The second-order valence-electron chi connectivity index (χ2n) is 5.37. The van der Waals surface area contributed by atoms with Crippen LogP contribution in [0.4, 0.5) is 11.4 Å². The van der Waals surface area contributed by atoms with Crippen molar-refractivity contribution in [2.24, 2.45) is 0 Å². The molecule has 1 heterocycles. The first kappa shape index (κ1) is 16.7. The lowest BCUT2D eigenvalue weighted by Crippen LogP contribution is -2.16. The van der Waals surface area contributed by atoms with Crippen LogP contribution < -0.4 is 10.0 Å². The van der Waals surface area contributed by atoms with Gasteiger partial charge in [-0.2, -0.15) is 5.10 Å². The lowest BCUT2D eigenvalue weighted by Gasteiger charge is -2.12. The largest absolute Gasteiger partial charge is 0.320 e. The van der Waals surface area contributed by atoms with Crippen molar-refractivity contribution >= 4 is 27.3 Å². The summed E-state index contributed by atoms with van der Waals surface area (Å²) in [4.78, 5) is 12.4. The van der Waals surface area contributed by atoms with Crippen molar-refractivity contribution in [2.45, 2.75) is 0 Å². The van der Waals surface area contributed by atoms with E-state index in [0.29, 0.717) is 16.9 Å². The molecule has 1 amide bonds. The monoisotopic (exact) mass is 356 g/mol. The highest BCUT2D eigenvalue weighted by atomic mass is 32.2. The minimum absolute atomic E-state index is 0.312. The van der Waals surface area contributed by atoms with E-state index in [2.05, 4.69) is 15.1 Å². The van der Waals surface area contributed by atoms with Crippen LogP contribution in [0.15, 0.2) is 67.0 Å². The van der Waals surface area contributed by atoms with E-state index in [1.807, 2.05) is 12.3 Å². The number of hydrogen-bond acceptors (Lipinski definition) is 4. The second kappa shape index (κ2) is 6.78. The van der Waals surface area contributed by atoms with Gasteiger partial charge in [-0.25, -0.2) is 13.1 Å². The molecule has 1 aromatic heterocycles. The van der Waals surface area contributed by atoms with Gasteiger partial charge in [0.25, 0.3) is 5.91 Å². The van der Waals surface area contributed by atoms with Crippen molar-refractivity contribution in [1.29, 1.82) is 0 Å². The quantitative estimate of drug-likeness (QED) is 0.734. The summed E-state index contributed by atoms with van der Waals surface area (Å²) >= 11 is 0. The molecule has 0 unspecified atom stereocenters. The normalized spacial score (nSPS) is 11.1. The van der Waals surface area contributed by atoms with Gasteiger partial charge in [-0.1, -0.05) is 12.1 Å². The average molecular weight is 356 g/mol. The van der Waals surface area contributed by atoms with Gasteiger partial charge in [-0.15, -0.1) is 0 Å². The van der Waals surface area contributed by atoms with Crippen molar-refractivity contribution < 1.29 is 13.2 Å². The molecule has 0 spiro atoms. The van der Waals surface area contributed by atoms with E-state index in [4.69, 9.17) is 0 Å². The highest BCUT2D eigenvalue weighted by molar-refractivity contribution is 7.92. The van der Waals surface area contributed by atoms with Crippen molar-refractivity contribution in [3.8, 4) is 5.69 Å². The van der Waals surface area contributed by atoms with Crippen molar-refractivity contribution in [3.63, 3.8) is 0 Å². The standard InChI is InChI=1S/C17H16N4O3S/c1-25(23,24)20-16-6-3-2-5-15(16)19-17(22)13-7-9-14(10-8-13)21-12-4-11-18-21/h2-12,20H,1H3,(H,19,22). The summed E-state index contributed by atoms with van der Waals surface area (Å²) in [5.74, 6) is -0.338. The molecule has 0 radical (unpaired) electrons. The third-order valence-electron chi connectivity index (χ3n) is 3.37. The maximum Gasteiger partial charge on any atom is 0.255 e. The molecule has 0 aliphatic heterocycles. The Morgan fingerprint density at radius 1 is 1.00 bits per heavy atom. The predicted molar refractivity (Wildman–Crippen MR) is 96.4 cm³/mol. The third kappa shape index (κ3) is 4.24. The number of anilines is 2. The molecular formula is C17H16N4O3S. The molecule has 2 aromatic carbocycles. The molecule has 0 atom stereocenters. The molecule has 3 aromatic rings. The van der Waals surface area contributed by atoms with E-state index >= 15 is 0 Å². The van der Waals surface area contributed by atoms with Gasteiger partial charge in [0.2, 0.25) is 10.0 Å². The van der Waals surface area contributed by atoms with Gasteiger partial charge in [-0.3, -0.25) is 9.52 Å². The summed E-state index contributed by atoms with van der Waals surface area (Å²) in [6.45, 7) is 0. The number of sulfonamides is 1. The zero-order valence-electron chi connectivity index (χ0n) is 13.4. The van der Waals surface area contributed by atoms with Crippen molar-refractivity contribution in [2.75, 3.05) is 16.3 Å². The van der Waals surface area contributed by atoms with E-state index in [1.165, 1.54) is 0 Å². The van der Waals surface area contributed by atoms with E-state index in [0.717, 1.165) is 11.9 Å². The predicted octanol–water partition coefficient (Wildman–Crippen LogP) is 2.50. The number of para-hydroxylation sites is 2. The van der Waals surface area contributed by atoms with Crippen LogP contribution >= 0.6 is 0 Å². The fourth-order valence-corrected chi connectivity index (χ4v) is 2.84. The Kier molecular flexibility index (Phi) is 4.53. The minimum atomic E-state index is -3.44. The molecule has 7 nitrogen and oxygen atoms in total. The maximum absolute atomic E-state index is 12.4. The van der Waals surface area contributed by atoms with Gasteiger partial charge in [-0.05, 0) is 42.5 Å². The molecule has 25 heavy (non-hydrogen) atoms. The van der Waals surface area contributed by atoms with Crippen LogP contribution in [-0.2, 0) is 10.0 Å². The Morgan fingerprint density at radius 2 is 1.68 bits per heavy atom. The summed E-state index contributed by atoms with van der Waals surface area (Å²) in [6, 6.07) is 15.3. The lowest BCUT2D eigenvalue weighted by atomic mass is 10.2. The Labute approximate surface area is 145 Å². The van der Waals surface area contributed by atoms with E-state index < -0.39 is 10.0 Å². The topological polar surface area (TPSA) is 93.1 Å². The maximum atomic E-state index is 12.4. The number of hydrogen-bond donors (Lipinski definition) is 2. The van der Waals surface area contributed by atoms with Crippen molar-refractivity contribution in [3.05, 3.63) is 72.6 Å². The molecule has 3 rings (SSSR count). The number of carbonyl (C=O) groups excluding carboxylic acids is 1. The first-order chi connectivity index (χ1) is 11.9. The van der Waals surface area contributed by atoms with Crippen LogP contribution in [0, 0.1) is 0 Å². The molecule has 0 saturated carbocycles. The summed E-state index contributed by atoms with van der Waals surface area (Å²) in [5, 5.41) is 6.84. The van der Waals surface area contributed by atoms with Crippen LogP contribution in [-0.4, -0.2) is 30.4 Å². The van der Waals surface area contributed by atoms with Crippen LogP contribution in [0.25, 0.3) is 5.69 Å². The molecule has 128 valence electrons. The molecule has 0 aliphatic rings. The second-order valence-corrected chi connectivity index (χ2v) is 7.12. The fraction of sp³-hybridized carbons (Fsp3) is 0.0588. The van der Waals surface area contributed by atoms with Crippen LogP contribution in [0.2, 0.25) is 0 Å². The number of amides is 1. The lowest BCUT2D eigenvalue weighted by molar-refractivity contribution is 0.102. The number of benzene rings is 2. The first-order valence-electron chi connectivity index (χ1n) is 7.41. The smallest absolute Gasteiger partial charge is 0.255 e. The summed E-state index contributed by atoms with van der Waals surface area (Å²) in [7, 11) is -3.44. The Balaban J connectivity index is 1.79. The van der Waals surface area contributed by atoms with Gasteiger partial charge < -0.3 is 5.32 Å². The zero-order valence-corrected chi connectivity index (χ0v) is 14.2. The molecular weight excluding hydrogens is 340 g/mol. The summed E-state index contributed by atoms with van der Waals surface area (Å²) in [5.41, 5.74) is 1.98.